The summed E-state index contributed by atoms with van der Waals surface area (Å²) in [6.45, 7) is 3.30. The smallest absolute Gasteiger partial charge is 0.243 e. The highest BCUT2D eigenvalue weighted by Crippen LogP contribution is 2.27. The molecular weight excluding hydrogens is 402 g/mol. The molecule has 0 bridgehead atoms. The van der Waals surface area contributed by atoms with Crippen LogP contribution < -0.4 is 10.1 Å². The van der Waals surface area contributed by atoms with Crippen LogP contribution in [0.1, 0.15) is 24.0 Å². The fourth-order valence-corrected chi connectivity index (χ4v) is 5.52. The maximum absolute atomic E-state index is 13.2. The summed E-state index contributed by atoms with van der Waals surface area (Å²) in [4.78, 5) is 14.1. The Hall–Kier alpha value is -2.42. The van der Waals surface area contributed by atoms with E-state index in [1.54, 1.807) is 29.6 Å². The van der Waals surface area contributed by atoms with Crippen LogP contribution in [0.5, 0.6) is 5.75 Å². The van der Waals surface area contributed by atoms with Gasteiger partial charge in [-0.1, -0.05) is 12.1 Å². The van der Waals surface area contributed by atoms with E-state index in [0.29, 0.717) is 43.1 Å². The number of anilines is 1. The second-order valence-corrected chi connectivity index (χ2v) is 9.69. The van der Waals surface area contributed by atoms with Gasteiger partial charge in [-0.25, -0.2) is 8.42 Å². The third-order valence-corrected chi connectivity index (χ3v) is 7.62. The van der Waals surface area contributed by atoms with Gasteiger partial charge in [0.15, 0.2) is 0 Å². The van der Waals surface area contributed by atoms with Gasteiger partial charge in [0.1, 0.15) is 5.75 Å². The van der Waals surface area contributed by atoms with Gasteiger partial charge in [-0.2, -0.15) is 4.31 Å². The first-order valence-corrected chi connectivity index (χ1v) is 11.7. The largest absolute Gasteiger partial charge is 0.497 e. The molecule has 0 unspecified atom stereocenters. The number of nitrogens with one attached hydrogen (secondary N) is 1. The summed E-state index contributed by atoms with van der Waals surface area (Å²) in [5.41, 5.74) is 2.78. The molecule has 0 aromatic heterocycles. The monoisotopic (exact) mass is 429 g/mol. The molecule has 2 aromatic rings. The molecule has 0 atom stereocenters. The van der Waals surface area contributed by atoms with E-state index < -0.39 is 10.0 Å². The normalized spacial score (nSPS) is 18.4. The summed E-state index contributed by atoms with van der Waals surface area (Å²) < 4.78 is 33.3. The Labute approximate surface area is 177 Å². The van der Waals surface area contributed by atoms with Crippen molar-refractivity contribution in [2.24, 2.45) is 0 Å². The number of hydrogen-bond acceptors (Lipinski definition) is 5. The molecule has 7 nitrogen and oxygen atoms in total. The third kappa shape index (κ3) is 4.50. The minimum Gasteiger partial charge on any atom is -0.497 e. The number of rotatable bonds is 5. The second kappa shape index (κ2) is 8.75. The number of methoxy groups -OCH3 is 1. The number of nitrogens with zero attached hydrogens (tertiary/aromatic N) is 2. The van der Waals surface area contributed by atoms with Crippen molar-refractivity contribution < 1.29 is 17.9 Å². The first-order valence-electron chi connectivity index (χ1n) is 10.2. The summed E-state index contributed by atoms with van der Waals surface area (Å²) >= 11 is 0. The molecule has 4 rings (SSSR count). The van der Waals surface area contributed by atoms with Crippen LogP contribution in [0.25, 0.3) is 0 Å². The number of fused-ring (bicyclic) bond motifs is 1. The Balaban J connectivity index is 1.43. The highest BCUT2D eigenvalue weighted by atomic mass is 32.2. The number of ether oxygens (including phenoxy) is 1. The Morgan fingerprint density at radius 2 is 1.80 bits per heavy atom. The first kappa shape index (κ1) is 20.8. The Kier molecular flexibility index (Phi) is 6.08. The van der Waals surface area contributed by atoms with Gasteiger partial charge in [-0.3, -0.25) is 9.69 Å². The summed E-state index contributed by atoms with van der Waals surface area (Å²) in [6.07, 6.45) is 1.75. The molecule has 30 heavy (non-hydrogen) atoms. The van der Waals surface area contributed by atoms with Crippen molar-refractivity contribution in [2.75, 3.05) is 38.6 Å². The molecule has 160 valence electrons. The quantitative estimate of drug-likeness (QED) is 0.790. The van der Waals surface area contributed by atoms with Gasteiger partial charge in [0, 0.05) is 38.3 Å². The van der Waals surface area contributed by atoms with Crippen LogP contribution in [-0.4, -0.2) is 56.8 Å². The molecule has 1 amide bonds. The molecule has 8 heteroatoms. The average Bonchev–Trinajstić information content (AvgIpc) is 3.00. The SMILES string of the molecule is COc1ccc(CN2CCCN(S(=O)(=O)c3ccc4c(c3)CCC(=O)N4)CC2)cc1. The van der Waals surface area contributed by atoms with Gasteiger partial charge in [0.25, 0.3) is 0 Å². The maximum atomic E-state index is 13.2. The Bertz CT molecular complexity index is 1020. The van der Waals surface area contributed by atoms with Gasteiger partial charge in [-0.05, 0) is 60.8 Å². The number of amides is 1. The van der Waals surface area contributed by atoms with Gasteiger partial charge >= 0.3 is 0 Å². The number of benzene rings is 2. The predicted octanol–water partition coefficient (Wildman–Crippen LogP) is 2.48. The fraction of sp³-hybridized carbons (Fsp3) is 0.409. The van der Waals surface area contributed by atoms with Crippen molar-refractivity contribution in [1.82, 2.24) is 9.21 Å². The van der Waals surface area contributed by atoms with Crippen molar-refractivity contribution in [2.45, 2.75) is 30.7 Å². The minimum atomic E-state index is -3.56. The van der Waals surface area contributed by atoms with Crippen molar-refractivity contribution >= 4 is 21.6 Å². The van der Waals surface area contributed by atoms with Crippen molar-refractivity contribution in [3.63, 3.8) is 0 Å². The van der Waals surface area contributed by atoms with Crippen LogP contribution in [-0.2, 0) is 27.8 Å². The Morgan fingerprint density at radius 1 is 1.00 bits per heavy atom. The van der Waals surface area contributed by atoms with Crippen LogP contribution in [0.15, 0.2) is 47.4 Å². The molecule has 2 aliphatic rings. The van der Waals surface area contributed by atoms with E-state index in [-0.39, 0.29) is 5.91 Å². The molecule has 0 aliphatic carbocycles. The standard InChI is InChI=1S/C22H27N3O4S/c1-29-19-6-3-17(4-7-19)16-24-11-2-12-25(14-13-24)30(27,28)20-8-9-21-18(15-20)5-10-22(26)23-21/h3-4,6-9,15H,2,5,10-14,16H2,1H3,(H,23,26). The lowest BCUT2D eigenvalue weighted by Crippen LogP contribution is -2.35. The molecule has 1 fully saturated rings. The molecule has 0 saturated carbocycles. The van der Waals surface area contributed by atoms with Gasteiger partial charge in [0.2, 0.25) is 15.9 Å². The summed E-state index contributed by atoms with van der Waals surface area (Å²) in [7, 11) is -1.91. The van der Waals surface area contributed by atoms with Crippen LogP contribution in [0, 0.1) is 0 Å². The van der Waals surface area contributed by atoms with E-state index in [0.717, 1.165) is 30.8 Å². The third-order valence-electron chi connectivity index (χ3n) is 5.72. The summed E-state index contributed by atoms with van der Waals surface area (Å²) in [6, 6.07) is 13.0. The topological polar surface area (TPSA) is 79.0 Å². The van der Waals surface area contributed by atoms with E-state index in [1.165, 1.54) is 5.56 Å². The minimum absolute atomic E-state index is 0.0254. The van der Waals surface area contributed by atoms with E-state index in [9.17, 15) is 13.2 Å². The zero-order valence-corrected chi connectivity index (χ0v) is 18.0. The van der Waals surface area contributed by atoms with Crippen molar-refractivity contribution in [3.8, 4) is 5.75 Å². The van der Waals surface area contributed by atoms with Crippen molar-refractivity contribution in [3.05, 3.63) is 53.6 Å². The molecule has 2 aliphatic heterocycles. The molecule has 1 saturated heterocycles. The molecule has 0 spiro atoms. The van der Waals surface area contributed by atoms with Crippen LogP contribution in [0.4, 0.5) is 5.69 Å². The van der Waals surface area contributed by atoms with Gasteiger partial charge in [0.05, 0.1) is 12.0 Å². The van der Waals surface area contributed by atoms with Crippen molar-refractivity contribution in [1.29, 1.82) is 0 Å². The molecule has 2 heterocycles. The number of sulfonamides is 1. The lowest BCUT2D eigenvalue weighted by molar-refractivity contribution is -0.116. The lowest BCUT2D eigenvalue weighted by atomic mass is 10.0. The summed E-state index contributed by atoms with van der Waals surface area (Å²) in [5, 5.41) is 2.80. The maximum Gasteiger partial charge on any atom is 0.243 e. The second-order valence-electron chi connectivity index (χ2n) is 7.75. The summed E-state index contributed by atoms with van der Waals surface area (Å²) in [5.74, 6) is 0.805. The van der Waals surface area contributed by atoms with E-state index >= 15 is 0 Å². The number of carbonyl (C=O) groups is 1. The zero-order valence-electron chi connectivity index (χ0n) is 17.1. The molecule has 2 aromatic carbocycles. The van der Waals surface area contributed by atoms with E-state index in [4.69, 9.17) is 4.74 Å². The number of hydrogen-bond donors (Lipinski definition) is 1. The average molecular weight is 430 g/mol. The molecule has 0 radical (unpaired) electrons. The van der Waals surface area contributed by atoms with E-state index in [2.05, 4.69) is 10.2 Å². The van der Waals surface area contributed by atoms with Crippen LogP contribution in [0.3, 0.4) is 0 Å². The fourth-order valence-electron chi connectivity index (χ4n) is 4.00. The van der Waals surface area contributed by atoms with Crippen LogP contribution in [0.2, 0.25) is 0 Å². The highest BCUT2D eigenvalue weighted by molar-refractivity contribution is 7.89. The highest BCUT2D eigenvalue weighted by Gasteiger charge is 2.28. The zero-order chi connectivity index (χ0) is 21.1. The van der Waals surface area contributed by atoms with Gasteiger partial charge in [-0.15, -0.1) is 0 Å². The van der Waals surface area contributed by atoms with E-state index in [1.807, 2.05) is 24.3 Å². The first-order chi connectivity index (χ1) is 14.5. The number of aryl methyl sites for hydroxylation is 1. The van der Waals surface area contributed by atoms with Gasteiger partial charge < -0.3 is 10.1 Å². The Morgan fingerprint density at radius 3 is 2.57 bits per heavy atom. The molecular formula is C22H27N3O4S. The number of carbonyl (C=O) groups excluding carboxylic acids is 1. The molecule has 1 N–H and O–H groups in total. The lowest BCUT2D eigenvalue weighted by Gasteiger charge is -2.23. The van der Waals surface area contributed by atoms with Crippen LogP contribution >= 0.6 is 0 Å². The predicted molar refractivity (Wildman–Crippen MR) is 115 cm³/mol.